The number of hydrogen-bond donors (Lipinski definition) is 1. The second-order valence-corrected chi connectivity index (χ2v) is 6.85. The molecule has 0 radical (unpaired) electrons. The maximum Gasteiger partial charge on any atom is 0.333 e. The van der Waals surface area contributed by atoms with Crippen LogP contribution >= 0.6 is 11.8 Å². The van der Waals surface area contributed by atoms with Crippen LogP contribution in [0, 0.1) is 0 Å². The summed E-state index contributed by atoms with van der Waals surface area (Å²) in [6, 6.07) is 0. The average molecular weight is 314 g/mol. The Labute approximate surface area is 133 Å². The molecule has 1 unspecified atom stereocenters. The summed E-state index contributed by atoms with van der Waals surface area (Å²) >= 11 is 1.77. The van der Waals surface area contributed by atoms with E-state index in [1.165, 1.54) is 70.3 Å². The molecule has 1 heterocycles. The molecule has 21 heavy (non-hydrogen) atoms. The molecule has 0 aliphatic carbocycles. The molecule has 1 atom stereocenters. The molecule has 0 aromatic carbocycles. The van der Waals surface area contributed by atoms with Crippen molar-refractivity contribution in [3.05, 3.63) is 11.6 Å². The molecule has 3 nitrogen and oxygen atoms in total. The van der Waals surface area contributed by atoms with E-state index in [2.05, 4.69) is 11.7 Å². The lowest BCUT2D eigenvalue weighted by Gasteiger charge is -2.07. The molecular formula is C17H30O3S. The lowest BCUT2D eigenvalue weighted by Crippen LogP contribution is -2.11. The summed E-state index contributed by atoms with van der Waals surface area (Å²) in [5, 5.41) is 9.41. The third kappa shape index (κ3) is 9.20. The van der Waals surface area contributed by atoms with Gasteiger partial charge in [0, 0.05) is 17.4 Å². The van der Waals surface area contributed by atoms with Crippen LogP contribution in [0.1, 0.15) is 71.1 Å². The molecule has 0 saturated heterocycles. The Morgan fingerprint density at radius 1 is 1.05 bits per heavy atom. The van der Waals surface area contributed by atoms with Gasteiger partial charge in [-0.25, -0.2) is 4.79 Å². The number of aliphatic hydroxyl groups is 1. The van der Waals surface area contributed by atoms with Crippen LogP contribution in [0.2, 0.25) is 0 Å². The van der Waals surface area contributed by atoms with Gasteiger partial charge in [-0.2, -0.15) is 11.8 Å². The van der Waals surface area contributed by atoms with E-state index in [9.17, 15) is 9.90 Å². The van der Waals surface area contributed by atoms with Crippen molar-refractivity contribution in [2.45, 2.75) is 77.4 Å². The lowest BCUT2D eigenvalue weighted by atomic mass is 10.1. The molecule has 0 spiro atoms. The van der Waals surface area contributed by atoms with Crippen LogP contribution in [0.25, 0.3) is 0 Å². The average Bonchev–Trinajstić information content (AvgIpc) is 2.78. The highest BCUT2D eigenvalue weighted by atomic mass is 32.2. The van der Waals surface area contributed by atoms with Gasteiger partial charge in [-0.3, -0.25) is 0 Å². The van der Waals surface area contributed by atoms with Crippen molar-refractivity contribution in [2.75, 3.05) is 11.5 Å². The maximum absolute atomic E-state index is 10.9. The van der Waals surface area contributed by atoms with E-state index in [0.717, 1.165) is 5.75 Å². The Morgan fingerprint density at radius 3 is 2.14 bits per heavy atom. The minimum absolute atomic E-state index is 0.419. The van der Waals surface area contributed by atoms with Crippen molar-refractivity contribution in [3.8, 4) is 0 Å². The smallest absolute Gasteiger partial charge is 0.333 e. The molecule has 0 fully saturated rings. The molecule has 0 amide bonds. The van der Waals surface area contributed by atoms with E-state index in [-0.39, 0.29) is 0 Å². The summed E-state index contributed by atoms with van der Waals surface area (Å²) in [4.78, 5) is 10.9. The quantitative estimate of drug-likeness (QED) is 0.403. The molecule has 4 heteroatoms. The number of hydrogen-bond acceptors (Lipinski definition) is 4. The number of rotatable bonds is 13. The first-order valence-corrected chi connectivity index (χ1v) is 9.56. The predicted molar refractivity (Wildman–Crippen MR) is 89.4 cm³/mol. The predicted octanol–water partition coefficient (Wildman–Crippen LogP) is 4.44. The highest BCUT2D eigenvalue weighted by Gasteiger charge is 2.22. The van der Waals surface area contributed by atoms with E-state index >= 15 is 0 Å². The van der Waals surface area contributed by atoms with Crippen molar-refractivity contribution in [2.24, 2.45) is 0 Å². The van der Waals surface area contributed by atoms with E-state index in [4.69, 9.17) is 0 Å². The Morgan fingerprint density at radius 2 is 1.62 bits per heavy atom. The van der Waals surface area contributed by atoms with Gasteiger partial charge in [-0.1, -0.05) is 64.7 Å². The van der Waals surface area contributed by atoms with E-state index in [1.807, 2.05) is 0 Å². The largest absolute Gasteiger partial charge is 0.429 e. The summed E-state index contributed by atoms with van der Waals surface area (Å²) in [7, 11) is 0. The van der Waals surface area contributed by atoms with Crippen LogP contribution in [-0.2, 0) is 9.53 Å². The van der Waals surface area contributed by atoms with Crippen LogP contribution in [0.3, 0.4) is 0 Å². The zero-order chi connectivity index (χ0) is 15.3. The summed E-state index contributed by atoms with van der Waals surface area (Å²) < 4.78 is 4.64. The van der Waals surface area contributed by atoms with Gasteiger partial charge in [0.1, 0.15) is 0 Å². The number of aliphatic hydroxyl groups excluding tert-OH is 1. The fraction of sp³-hybridized carbons (Fsp3) is 0.824. The van der Waals surface area contributed by atoms with E-state index in [1.54, 1.807) is 11.8 Å². The number of ether oxygens (including phenoxy) is 1. The second kappa shape index (κ2) is 12.1. The monoisotopic (exact) mass is 314 g/mol. The first kappa shape index (κ1) is 18.6. The summed E-state index contributed by atoms with van der Waals surface area (Å²) in [5.74, 6) is 1.37. The van der Waals surface area contributed by atoms with Gasteiger partial charge in [-0.15, -0.1) is 0 Å². The zero-order valence-corrected chi connectivity index (χ0v) is 14.1. The van der Waals surface area contributed by atoms with Crippen LogP contribution in [-0.4, -0.2) is 28.9 Å². The standard InChI is InChI=1S/C17H30O3S/c1-2-3-4-5-6-7-8-9-10-11-12-21-14-15-13-16(18)20-17(15)19/h13,17,19H,2-12,14H2,1H3. The summed E-state index contributed by atoms with van der Waals surface area (Å²) in [6.45, 7) is 2.26. The van der Waals surface area contributed by atoms with Crippen LogP contribution in [0.4, 0.5) is 0 Å². The maximum atomic E-state index is 10.9. The highest BCUT2D eigenvalue weighted by Crippen LogP contribution is 2.19. The third-order valence-corrected chi connectivity index (χ3v) is 4.87. The minimum Gasteiger partial charge on any atom is -0.429 e. The van der Waals surface area contributed by atoms with Gasteiger partial charge in [-0.05, 0) is 12.2 Å². The molecule has 1 rings (SSSR count). The van der Waals surface area contributed by atoms with Gasteiger partial charge >= 0.3 is 5.97 Å². The lowest BCUT2D eigenvalue weighted by molar-refractivity contribution is -0.151. The van der Waals surface area contributed by atoms with Crippen molar-refractivity contribution >= 4 is 17.7 Å². The van der Waals surface area contributed by atoms with Crippen molar-refractivity contribution < 1.29 is 14.6 Å². The van der Waals surface area contributed by atoms with E-state index < -0.39 is 12.3 Å². The number of unbranched alkanes of at least 4 members (excludes halogenated alkanes) is 9. The van der Waals surface area contributed by atoms with Crippen LogP contribution in [0.15, 0.2) is 11.6 Å². The molecule has 0 aromatic rings. The normalized spacial score (nSPS) is 17.9. The van der Waals surface area contributed by atoms with Crippen molar-refractivity contribution in [1.29, 1.82) is 0 Å². The fourth-order valence-electron chi connectivity index (χ4n) is 2.44. The fourth-order valence-corrected chi connectivity index (χ4v) is 3.45. The Balaban J connectivity index is 1.81. The number of carbonyl (C=O) groups is 1. The van der Waals surface area contributed by atoms with Gasteiger partial charge in [0.15, 0.2) is 0 Å². The zero-order valence-electron chi connectivity index (χ0n) is 13.3. The van der Waals surface area contributed by atoms with Gasteiger partial charge in [0.25, 0.3) is 0 Å². The summed E-state index contributed by atoms with van der Waals surface area (Å²) in [6.07, 6.45) is 13.9. The topological polar surface area (TPSA) is 46.5 Å². The van der Waals surface area contributed by atoms with Gasteiger partial charge in [0.05, 0.1) is 0 Å². The molecule has 1 N–H and O–H groups in total. The van der Waals surface area contributed by atoms with Crippen molar-refractivity contribution in [3.63, 3.8) is 0 Å². The third-order valence-electron chi connectivity index (χ3n) is 3.76. The SMILES string of the molecule is CCCCCCCCCCCCSCC1=CC(=O)OC1O. The number of carbonyl (C=O) groups excluding carboxylic acids is 1. The van der Waals surface area contributed by atoms with Gasteiger partial charge < -0.3 is 9.84 Å². The molecular weight excluding hydrogens is 284 g/mol. The molecule has 1 aliphatic rings. The minimum atomic E-state index is -1.00. The Hall–Kier alpha value is -0.480. The molecule has 122 valence electrons. The molecule has 1 aliphatic heterocycles. The first-order valence-electron chi connectivity index (χ1n) is 8.41. The van der Waals surface area contributed by atoms with Gasteiger partial charge in [0.2, 0.25) is 6.29 Å². The molecule has 0 bridgehead atoms. The molecule has 0 saturated carbocycles. The van der Waals surface area contributed by atoms with Crippen LogP contribution in [0.5, 0.6) is 0 Å². The first-order chi connectivity index (χ1) is 10.2. The van der Waals surface area contributed by atoms with Crippen molar-refractivity contribution in [1.82, 2.24) is 0 Å². The Kier molecular flexibility index (Phi) is 10.7. The van der Waals surface area contributed by atoms with E-state index in [0.29, 0.717) is 11.3 Å². The number of cyclic esters (lactones) is 1. The molecule has 0 aromatic heterocycles. The Bertz CT molecular complexity index is 315. The summed E-state index contributed by atoms with van der Waals surface area (Å²) in [5.41, 5.74) is 0.706. The van der Waals surface area contributed by atoms with Crippen LogP contribution < -0.4 is 0 Å². The highest BCUT2D eigenvalue weighted by molar-refractivity contribution is 7.99. The second-order valence-electron chi connectivity index (χ2n) is 5.74. The number of esters is 1. The number of thioether (sulfide) groups is 1.